The van der Waals surface area contributed by atoms with Crippen LogP contribution in [0.3, 0.4) is 0 Å². The molecule has 1 amide bonds. The normalized spacial score (nSPS) is 16.6. The Labute approximate surface area is 142 Å². The Hall–Kier alpha value is -2.28. The summed E-state index contributed by atoms with van der Waals surface area (Å²) in [4.78, 5) is 20.6. The molecule has 7 nitrogen and oxygen atoms in total. The van der Waals surface area contributed by atoms with Gasteiger partial charge in [0.15, 0.2) is 5.75 Å². The number of carbonyl (C=O) groups excluding carboxylic acids is 1. The summed E-state index contributed by atoms with van der Waals surface area (Å²) in [6.45, 7) is 8.49. The van der Waals surface area contributed by atoms with Gasteiger partial charge < -0.3 is 19.9 Å². The first-order chi connectivity index (χ1) is 11.5. The number of carbonyl (C=O) groups is 1. The third-order valence-electron chi connectivity index (χ3n) is 4.61. The van der Waals surface area contributed by atoms with E-state index in [0.717, 1.165) is 44.1 Å². The molecule has 3 rings (SSSR count). The van der Waals surface area contributed by atoms with Gasteiger partial charge in [0, 0.05) is 39.3 Å². The van der Waals surface area contributed by atoms with Crippen molar-refractivity contribution >= 4 is 23.1 Å². The number of nitrogens with two attached hydrogens (primary N) is 1. The van der Waals surface area contributed by atoms with Gasteiger partial charge in [-0.1, -0.05) is 6.07 Å². The van der Waals surface area contributed by atoms with Crippen LogP contribution in [0.5, 0.6) is 5.75 Å². The van der Waals surface area contributed by atoms with E-state index in [9.17, 15) is 4.79 Å². The number of anilines is 1. The largest absolute Gasteiger partial charge is 0.410 e. The van der Waals surface area contributed by atoms with E-state index >= 15 is 0 Å². The van der Waals surface area contributed by atoms with Crippen LogP contribution in [0.25, 0.3) is 11.0 Å². The summed E-state index contributed by atoms with van der Waals surface area (Å²) >= 11 is 0. The summed E-state index contributed by atoms with van der Waals surface area (Å²) in [7, 11) is 1.99. The molecule has 0 atom stereocenters. The quantitative estimate of drug-likeness (QED) is 0.930. The predicted molar refractivity (Wildman–Crippen MR) is 94.5 cm³/mol. The number of hydrogen-bond donors (Lipinski definition) is 1. The molecule has 1 saturated heterocycles. The van der Waals surface area contributed by atoms with Crippen LogP contribution >= 0.6 is 0 Å². The molecule has 2 heterocycles. The molecule has 24 heavy (non-hydrogen) atoms. The Morgan fingerprint density at radius 2 is 2.04 bits per heavy atom. The SMILES string of the molecule is CC(C)N1CCCN(c2nc3c(OC(N)=O)cccc3n2C)CC1. The number of ether oxygens (including phenoxy) is 1. The number of hydrogen-bond acceptors (Lipinski definition) is 5. The number of aromatic nitrogens is 2. The van der Waals surface area contributed by atoms with Crippen molar-refractivity contribution in [1.82, 2.24) is 14.5 Å². The number of primary amides is 1. The zero-order chi connectivity index (χ0) is 17.3. The lowest BCUT2D eigenvalue weighted by Crippen LogP contribution is -2.35. The van der Waals surface area contributed by atoms with Gasteiger partial charge in [-0.05, 0) is 32.4 Å². The summed E-state index contributed by atoms with van der Waals surface area (Å²) in [6, 6.07) is 6.08. The molecule has 0 bridgehead atoms. The molecule has 0 saturated carbocycles. The lowest BCUT2D eigenvalue weighted by molar-refractivity contribution is 0.211. The molecule has 2 N–H and O–H groups in total. The number of rotatable bonds is 3. The van der Waals surface area contributed by atoms with Crippen LogP contribution in [0, 0.1) is 0 Å². The highest BCUT2D eigenvalue weighted by atomic mass is 16.5. The smallest absolute Gasteiger partial charge is 0.408 e. The summed E-state index contributed by atoms with van der Waals surface area (Å²) in [5.41, 5.74) is 6.75. The minimum atomic E-state index is -0.822. The van der Waals surface area contributed by atoms with Crippen molar-refractivity contribution < 1.29 is 9.53 Å². The minimum absolute atomic E-state index is 0.403. The average molecular weight is 331 g/mol. The van der Waals surface area contributed by atoms with Crippen LogP contribution in [0.15, 0.2) is 18.2 Å². The second kappa shape index (κ2) is 6.68. The fourth-order valence-corrected chi connectivity index (χ4v) is 3.30. The number of nitrogens with zero attached hydrogens (tertiary/aromatic N) is 4. The van der Waals surface area contributed by atoms with Crippen molar-refractivity contribution in [2.45, 2.75) is 26.3 Å². The second-order valence-corrected chi connectivity index (χ2v) is 6.49. The van der Waals surface area contributed by atoms with E-state index in [0.29, 0.717) is 17.3 Å². The van der Waals surface area contributed by atoms with Crippen LogP contribution in [0.4, 0.5) is 10.7 Å². The van der Waals surface area contributed by atoms with Crippen molar-refractivity contribution in [2.75, 3.05) is 31.1 Å². The Bertz CT molecular complexity index is 740. The Morgan fingerprint density at radius 3 is 2.75 bits per heavy atom. The summed E-state index contributed by atoms with van der Waals surface area (Å²) in [5, 5.41) is 0. The monoisotopic (exact) mass is 331 g/mol. The second-order valence-electron chi connectivity index (χ2n) is 6.49. The zero-order valence-electron chi connectivity index (χ0n) is 14.5. The van der Waals surface area contributed by atoms with Crippen molar-refractivity contribution in [3.63, 3.8) is 0 Å². The molecule has 130 valence electrons. The molecule has 2 aromatic rings. The first-order valence-corrected chi connectivity index (χ1v) is 8.39. The maximum atomic E-state index is 11.1. The predicted octanol–water partition coefficient (Wildman–Crippen LogP) is 1.95. The van der Waals surface area contributed by atoms with E-state index in [1.807, 2.05) is 23.7 Å². The summed E-state index contributed by atoms with van der Waals surface area (Å²) in [5.74, 6) is 1.30. The third-order valence-corrected chi connectivity index (χ3v) is 4.61. The fourth-order valence-electron chi connectivity index (χ4n) is 3.30. The van der Waals surface area contributed by atoms with Crippen molar-refractivity contribution in [2.24, 2.45) is 12.8 Å². The van der Waals surface area contributed by atoms with E-state index in [4.69, 9.17) is 15.5 Å². The first kappa shape index (κ1) is 16.6. The van der Waals surface area contributed by atoms with Crippen molar-refractivity contribution in [3.8, 4) is 5.75 Å². The number of para-hydroxylation sites is 1. The topological polar surface area (TPSA) is 76.6 Å². The highest BCUT2D eigenvalue weighted by molar-refractivity contribution is 5.87. The van der Waals surface area contributed by atoms with Gasteiger partial charge >= 0.3 is 6.09 Å². The van der Waals surface area contributed by atoms with Gasteiger partial charge in [-0.25, -0.2) is 9.78 Å². The highest BCUT2D eigenvalue weighted by Crippen LogP contribution is 2.29. The zero-order valence-corrected chi connectivity index (χ0v) is 14.5. The van der Waals surface area contributed by atoms with Crippen LogP contribution in [-0.4, -0.2) is 52.8 Å². The van der Waals surface area contributed by atoms with E-state index in [-0.39, 0.29) is 0 Å². The number of amides is 1. The lowest BCUT2D eigenvalue weighted by atomic mass is 10.3. The molecular formula is C17H25N5O2. The Balaban J connectivity index is 1.92. The van der Waals surface area contributed by atoms with E-state index < -0.39 is 6.09 Å². The minimum Gasteiger partial charge on any atom is -0.408 e. The molecule has 0 spiro atoms. The number of imidazole rings is 1. The molecular weight excluding hydrogens is 306 g/mol. The molecule has 1 aromatic carbocycles. The molecule has 1 fully saturated rings. The van der Waals surface area contributed by atoms with Gasteiger partial charge in [0.05, 0.1) is 5.52 Å². The van der Waals surface area contributed by atoms with Gasteiger partial charge in [0.2, 0.25) is 5.95 Å². The molecule has 1 aliphatic rings. The number of fused-ring (bicyclic) bond motifs is 1. The maximum absolute atomic E-state index is 11.1. The molecule has 0 radical (unpaired) electrons. The summed E-state index contributed by atoms with van der Waals surface area (Å²) < 4.78 is 7.14. The number of benzene rings is 1. The van der Waals surface area contributed by atoms with E-state index in [1.165, 1.54) is 0 Å². The van der Waals surface area contributed by atoms with E-state index in [1.54, 1.807) is 6.07 Å². The van der Waals surface area contributed by atoms with Crippen LogP contribution in [0.1, 0.15) is 20.3 Å². The van der Waals surface area contributed by atoms with Crippen LogP contribution in [-0.2, 0) is 7.05 Å². The van der Waals surface area contributed by atoms with Crippen LogP contribution < -0.4 is 15.4 Å². The Morgan fingerprint density at radius 1 is 1.25 bits per heavy atom. The van der Waals surface area contributed by atoms with E-state index in [2.05, 4.69) is 23.6 Å². The molecule has 0 unspecified atom stereocenters. The number of aryl methyl sites for hydroxylation is 1. The standard InChI is InChI=1S/C17H25N5O2/c1-12(2)21-8-5-9-22(11-10-21)17-19-15-13(20(17)3)6-4-7-14(15)24-16(18)23/h4,6-7,12H,5,8-11H2,1-3H3,(H2,18,23). The summed E-state index contributed by atoms with van der Waals surface area (Å²) in [6.07, 6.45) is 0.281. The maximum Gasteiger partial charge on any atom is 0.410 e. The van der Waals surface area contributed by atoms with Gasteiger partial charge in [0.1, 0.15) is 5.52 Å². The van der Waals surface area contributed by atoms with Crippen LogP contribution in [0.2, 0.25) is 0 Å². The highest BCUT2D eigenvalue weighted by Gasteiger charge is 2.22. The molecule has 1 aromatic heterocycles. The van der Waals surface area contributed by atoms with Crippen molar-refractivity contribution in [3.05, 3.63) is 18.2 Å². The molecule has 1 aliphatic heterocycles. The molecule has 0 aliphatic carbocycles. The average Bonchev–Trinajstić information content (AvgIpc) is 2.72. The molecule has 7 heteroatoms. The van der Waals surface area contributed by atoms with Gasteiger partial charge in [0.25, 0.3) is 0 Å². The van der Waals surface area contributed by atoms with Gasteiger partial charge in [-0.15, -0.1) is 0 Å². The fraction of sp³-hybridized carbons (Fsp3) is 0.529. The third kappa shape index (κ3) is 3.17. The van der Waals surface area contributed by atoms with Crippen molar-refractivity contribution in [1.29, 1.82) is 0 Å². The van der Waals surface area contributed by atoms with Gasteiger partial charge in [-0.2, -0.15) is 0 Å². The Kier molecular flexibility index (Phi) is 4.62. The van der Waals surface area contributed by atoms with Gasteiger partial charge in [-0.3, -0.25) is 4.90 Å². The lowest BCUT2D eigenvalue weighted by Gasteiger charge is -2.25. The first-order valence-electron chi connectivity index (χ1n) is 8.39.